The van der Waals surface area contributed by atoms with E-state index in [9.17, 15) is 0 Å². The smallest absolute Gasteiger partial charge is 0.257 e. The molecule has 0 amide bonds. The van der Waals surface area contributed by atoms with E-state index in [-0.39, 0.29) is 0 Å². The molecule has 156 valence electrons. The topological polar surface area (TPSA) is 53.5 Å². The summed E-state index contributed by atoms with van der Waals surface area (Å²) in [5, 5.41) is 5.72. The molecular formula is C24H29N5O. The summed E-state index contributed by atoms with van der Waals surface area (Å²) in [4.78, 5) is 14.5. The second kappa shape index (κ2) is 8.11. The third kappa shape index (κ3) is 3.56. The average Bonchev–Trinajstić information content (AvgIpc) is 3.20. The number of hydrogen-bond acceptors (Lipinski definition) is 6. The van der Waals surface area contributed by atoms with Gasteiger partial charge in [0.2, 0.25) is 0 Å². The average molecular weight is 404 g/mol. The van der Waals surface area contributed by atoms with Crippen LogP contribution in [0.15, 0.2) is 42.5 Å². The summed E-state index contributed by atoms with van der Waals surface area (Å²) in [6.45, 7) is 3.49. The van der Waals surface area contributed by atoms with Gasteiger partial charge in [0.15, 0.2) is 5.82 Å². The lowest BCUT2D eigenvalue weighted by molar-refractivity contribution is 0.193. The van der Waals surface area contributed by atoms with Crippen molar-refractivity contribution in [1.82, 2.24) is 14.9 Å². The van der Waals surface area contributed by atoms with Gasteiger partial charge in [-0.1, -0.05) is 36.4 Å². The third-order valence-corrected chi connectivity index (χ3v) is 6.41. The zero-order valence-electron chi connectivity index (χ0n) is 17.8. The van der Waals surface area contributed by atoms with Gasteiger partial charge in [-0.3, -0.25) is 0 Å². The van der Waals surface area contributed by atoms with Gasteiger partial charge in [-0.2, -0.15) is 0 Å². The highest BCUT2D eigenvalue weighted by Crippen LogP contribution is 2.32. The molecule has 3 aromatic rings. The quantitative estimate of drug-likeness (QED) is 0.701. The molecule has 6 nitrogen and oxygen atoms in total. The molecule has 0 spiro atoms. The van der Waals surface area contributed by atoms with Crippen LogP contribution < -0.4 is 15.0 Å². The molecule has 3 heterocycles. The molecule has 1 N–H and O–H groups in total. The van der Waals surface area contributed by atoms with Crippen LogP contribution in [0.5, 0.6) is 5.88 Å². The third-order valence-electron chi connectivity index (χ3n) is 6.41. The number of fused-ring (bicyclic) bond motifs is 2. The summed E-state index contributed by atoms with van der Waals surface area (Å²) in [5.74, 6) is 1.37. The Balaban J connectivity index is 1.41. The van der Waals surface area contributed by atoms with Crippen molar-refractivity contribution < 1.29 is 4.74 Å². The van der Waals surface area contributed by atoms with Crippen LogP contribution in [0.2, 0.25) is 0 Å². The van der Waals surface area contributed by atoms with Crippen LogP contribution in [0.4, 0.5) is 11.5 Å². The van der Waals surface area contributed by atoms with E-state index in [0.717, 1.165) is 43.3 Å². The summed E-state index contributed by atoms with van der Waals surface area (Å²) in [6.07, 6.45) is 3.30. The number of nitrogens with one attached hydrogen (secondary N) is 1. The first-order valence-corrected chi connectivity index (χ1v) is 10.9. The first-order valence-electron chi connectivity index (χ1n) is 10.9. The number of likely N-dealkylation sites (N-methyl/N-ethyl adjacent to an activating group) is 1. The Bertz CT molecular complexity index is 1050. The van der Waals surface area contributed by atoms with E-state index in [2.05, 4.69) is 64.6 Å². The van der Waals surface area contributed by atoms with Crippen LogP contribution in [-0.2, 0) is 13.0 Å². The summed E-state index contributed by atoms with van der Waals surface area (Å²) >= 11 is 0. The Kier molecular flexibility index (Phi) is 5.17. The fourth-order valence-electron chi connectivity index (χ4n) is 4.63. The summed E-state index contributed by atoms with van der Waals surface area (Å²) < 4.78 is 6.16. The minimum atomic E-state index is 0.458. The van der Waals surface area contributed by atoms with Crippen LogP contribution in [0.1, 0.15) is 24.2 Å². The maximum absolute atomic E-state index is 6.16. The highest BCUT2D eigenvalue weighted by atomic mass is 16.5. The molecule has 0 aliphatic carbocycles. The summed E-state index contributed by atoms with van der Waals surface area (Å²) in [6, 6.07) is 15.5. The van der Waals surface area contributed by atoms with Crippen molar-refractivity contribution in [2.24, 2.45) is 0 Å². The van der Waals surface area contributed by atoms with Gasteiger partial charge in [0.05, 0.1) is 17.9 Å². The van der Waals surface area contributed by atoms with Crippen LogP contribution in [0.25, 0.3) is 10.8 Å². The highest BCUT2D eigenvalue weighted by molar-refractivity contribution is 5.94. The van der Waals surface area contributed by atoms with Gasteiger partial charge < -0.3 is 19.9 Å². The monoisotopic (exact) mass is 403 g/mol. The number of ether oxygens (including phenoxy) is 1. The zero-order chi connectivity index (χ0) is 20.5. The van der Waals surface area contributed by atoms with Gasteiger partial charge in [-0.25, -0.2) is 9.97 Å². The van der Waals surface area contributed by atoms with E-state index >= 15 is 0 Å². The van der Waals surface area contributed by atoms with E-state index in [0.29, 0.717) is 18.5 Å². The van der Waals surface area contributed by atoms with E-state index in [1.807, 2.05) is 7.05 Å². The molecule has 1 aromatic heterocycles. The maximum Gasteiger partial charge on any atom is 0.257 e. The number of rotatable bonds is 5. The van der Waals surface area contributed by atoms with Crippen molar-refractivity contribution >= 4 is 22.3 Å². The second-order valence-corrected chi connectivity index (χ2v) is 8.28. The Morgan fingerprint density at radius 3 is 2.77 bits per heavy atom. The SMILES string of the molecule is CNc1nc2c(nc1OC[C@@H]1CCCN1C)CN(c1cccc3ccccc13)CC2. The number of aromatic nitrogens is 2. The first-order chi connectivity index (χ1) is 14.7. The number of likely N-dealkylation sites (tertiary alicyclic amines) is 1. The fraction of sp³-hybridized carbons (Fsp3) is 0.417. The minimum absolute atomic E-state index is 0.458. The normalized spacial score (nSPS) is 19.1. The molecule has 1 saturated heterocycles. The highest BCUT2D eigenvalue weighted by Gasteiger charge is 2.25. The molecule has 5 rings (SSSR count). The zero-order valence-corrected chi connectivity index (χ0v) is 17.8. The van der Waals surface area contributed by atoms with Crippen LogP contribution in [0, 0.1) is 0 Å². The largest absolute Gasteiger partial charge is 0.473 e. The molecular weight excluding hydrogens is 374 g/mol. The van der Waals surface area contributed by atoms with Gasteiger partial charge >= 0.3 is 0 Å². The number of benzene rings is 2. The van der Waals surface area contributed by atoms with Crippen molar-refractivity contribution in [3.8, 4) is 5.88 Å². The second-order valence-electron chi connectivity index (χ2n) is 8.28. The number of nitrogens with zero attached hydrogens (tertiary/aromatic N) is 4. The van der Waals surface area contributed by atoms with Crippen LogP contribution in [0.3, 0.4) is 0 Å². The van der Waals surface area contributed by atoms with Crippen molar-refractivity contribution in [3.63, 3.8) is 0 Å². The van der Waals surface area contributed by atoms with E-state index < -0.39 is 0 Å². The number of anilines is 2. The van der Waals surface area contributed by atoms with E-state index in [1.165, 1.54) is 29.3 Å². The Hall–Kier alpha value is -2.86. The van der Waals surface area contributed by atoms with Gasteiger partial charge in [-0.15, -0.1) is 0 Å². The van der Waals surface area contributed by atoms with Crippen molar-refractivity contribution in [3.05, 3.63) is 53.9 Å². The predicted molar refractivity (Wildman–Crippen MR) is 121 cm³/mol. The Labute approximate surface area is 177 Å². The van der Waals surface area contributed by atoms with Gasteiger partial charge in [-0.05, 0) is 37.9 Å². The van der Waals surface area contributed by atoms with Crippen molar-refractivity contribution in [1.29, 1.82) is 0 Å². The lowest BCUT2D eigenvalue weighted by Crippen LogP contribution is -2.33. The molecule has 6 heteroatoms. The molecule has 0 radical (unpaired) electrons. The van der Waals surface area contributed by atoms with Crippen LogP contribution >= 0.6 is 0 Å². The first kappa shape index (κ1) is 19.1. The summed E-state index contributed by atoms with van der Waals surface area (Å²) in [5.41, 5.74) is 3.34. The number of hydrogen-bond donors (Lipinski definition) is 1. The Morgan fingerprint density at radius 2 is 1.93 bits per heavy atom. The van der Waals surface area contributed by atoms with Crippen molar-refractivity contribution in [2.45, 2.75) is 31.8 Å². The Morgan fingerprint density at radius 1 is 1.07 bits per heavy atom. The van der Waals surface area contributed by atoms with E-state index in [4.69, 9.17) is 14.7 Å². The molecule has 2 aliphatic rings. The van der Waals surface area contributed by atoms with E-state index in [1.54, 1.807) is 0 Å². The molecule has 1 fully saturated rings. The standard InChI is InChI=1S/C24H29N5O/c1-25-23-24(30-16-18-9-6-13-28(18)2)27-21-15-29(14-12-20(21)26-23)22-11-5-8-17-7-3-4-10-19(17)22/h3-5,7-8,10-11,18H,6,9,12-16H2,1-2H3,(H,25,26)/t18-/m0/s1. The molecule has 1 atom stereocenters. The van der Waals surface area contributed by atoms with Crippen LogP contribution in [-0.4, -0.2) is 54.7 Å². The van der Waals surface area contributed by atoms with Gasteiger partial charge in [0.25, 0.3) is 5.88 Å². The van der Waals surface area contributed by atoms with Gasteiger partial charge in [0.1, 0.15) is 6.61 Å². The fourth-order valence-corrected chi connectivity index (χ4v) is 4.63. The molecule has 0 bridgehead atoms. The molecule has 2 aliphatic heterocycles. The minimum Gasteiger partial charge on any atom is -0.473 e. The molecule has 30 heavy (non-hydrogen) atoms. The summed E-state index contributed by atoms with van der Waals surface area (Å²) in [7, 11) is 4.05. The predicted octanol–water partition coefficient (Wildman–Crippen LogP) is 3.71. The molecule has 2 aromatic carbocycles. The molecule has 0 unspecified atom stereocenters. The van der Waals surface area contributed by atoms with Crippen molar-refractivity contribution in [2.75, 3.05) is 44.0 Å². The molecule has 0 saturated carbocycles. The lowest BCUT2D eigenvalue weighted by Gasteiger charge is -2.31. The lowest BCUT2D eigenvalue weighted by atomic mass is 10.0. The maximum atomic E-state index is 6.16. The van der Waals surface area contributed by atoms with Gasteiger partial charge in [0, 0.05) is 37.1 Å².